The number of hydrogen-bond acceptors (Lipinski definition) is 2. The van der Waals surface area contributed by atoms with E-state index in [-0.39, 0.29) is 17.2 Å². The number of aryl methyl sites for hydroxylation is 1. The Morgan fingerprint density at radius 2 is 2.16 bits per heavy atom. The van der Waals surface area contributed by atoms with E-state index in [1.165, 1.54) is 18.1 Å². The molecular weight excluding hydrogens is 242 g/mol. The minimum Gasteiger partial charge on any atom is -0.480 e. The van der Waals surface area contributed by atoms with E-state index in [1.807, 2.05) is 12.1 Å². The number of nitrogens with one attached hydrogen (secondary N) is 1. The highest BCUT2D eigenvalue weighted by atomic mass is 16.4. The van der Waals surface area contributed by atoms with E-state index < -0.39 is 12.0 Å². The molecule has 4 heteroatoms. The Labute approximate surface area is 111 Å². The van der Waals surface area contributed by atoms with Crippen LogP contribution in [0.3, 0.4) is 0 Å². The van der Waals surface area contributed by atoms with Crippen molar-refractivity contribution >= 4 is 11.9 Å². The molecule has 100 valence electrons. The molecule has 0 bridgehead atoms. The highest BCUT2D eigenvalue weighted by molar-refractivity contribution is 5.88. The van der Waals surface area contributed by atoms with Gasteiger partial charge in [0.15, 0.2) is 0 Å². The fraction of sp³-hybridized carbons (Fsp3) is 0.467. The van der Waals surface area contributed by atoms with Gasteiger partial charge in [0.05, 0.1) is 0 Å². The van der Waals surface area contributed by atoms with E-state index >= 15 is 0 Å². The van der Waals surface area contributed by atoms with Crippen molar-refractivity contribution in [3.8, 4) is 0 Å². The van der Waals surface area contributed by atoms with Crippen molar-refractivity contribution in [2.75, 3.05) is 0 Å². The number of hydrogen-bond donors (Lipinski definition) is 2. The molecule has 0 aliphatic heterocycles. The predicted octanol–water partition coefficient (Wildman–Crippen LogP) is 1.48. The van der Waals surface area contributed by atoms with Crippen LogP contribution in [-0.4, -0.2) is 23.0 Å². The Morgan fingerprint density at radius 3 is 2.89 bits per heavy atom. The van der Waals surface area contributed by atoms with E-state index in [9.17, 15) is 9.59 Å². The first kappa shape index (κ1) is 12.2. The fourth-order valence-electron chi connectivity index (χ4n) is 3.32. The second-order valence-electron chi connectivity index (χ2n) is 5.64. The maximum Gasteiger partial charge on any atom is 0.325 e. The fourth-order valence-corrected chi connectivity index (χ4v) is 3.32. The summed E-state index contributed by atoms with van der Waals surface area (Å²) in [6.07, 6.45) is 2.88. The van der Waals surface area contributed by atoms with Gasteiger partial charge in [0.25, 0.3) is 0 Å². The molecule has 4 nitrogen and oxygen atoms in total. The number of carboxylic acid groups (broad SMARTS) is 1. The summed E-state index contributed by atoms with van der Waals surface area (Å²) in [6, 6.07) is 7.45. The molecule has 0 saturated heterocycles. The highest BCUT2D eigenvalue weighted by Crippen LogP contribution is 2.61. The number of carbonyl (C=O) groups excluding carboxylic acids is 1. The molecule has 3 atom stereocenters. The first-order valence-electron chi connectivity index (χ1n) is 6.66. The summed E-state index contributed by atoms with van der Waals surface area (Å²) < 4.78 is 0. The average molecular weight is 259 g/mol. The highest BCUT2D eigenvalue weighted by Gasteiger charge is 2.61. The number of aliphatic carboxylic acids is 1. The Hall–Kier alpha value is -1.84. The summed E-state index contributed by atoms with van der Waals surface area (Å²) >= 11 is 0. The molecule has 1 saturated carbocycles. The Morgan fingerprint density at radius 1 is 1.42 bits per heavy atom. The lowest BCUT2D eigenvalue weighted by Gasteiger charge is -2.13. The van der Waals surface area contributed by atoms with Crippen LogP contribution < -0.4 is 5.32 Å². The summed E-state index contributed by atoms with van der Waals surface area (Å²) in [5, 5.41) is 11.4. The van der Waals surface area contributed by atoms with Crippen LogP contribution in [0.5, 0.6) is 0 Å². The monoisotopic (exact) mass is 259 g/mol. The molecule has 3 unspecified atom stereocenters. The van der Waals surface area contributed by atoms with Crippen molar-refractivity contribution in [1.82, 2.24) is 5.32 Å². The molecule has 1 aromatic rings. The SMILES string of the molecule is CC(NC(=O)C1CC12CCc1ccccc12)C(=O)O. The van der Waals surface area contributed by atoms with Gasteiger partial charge in [-0.3, -0.25) is 9.59 Å². The second-order valence-corrected chi connectivity index (χ2v) is 5.64. The molecule has 19 heavy (non-hydrogen) atoms. The predicted molar refractivity (Wildman–Crippen MR) is 69.8 cm³/mol. The first-order valence-corrected chi connectivity index (χ1v) is 6.66. The van der Waals surface area contributed by atoms with Crippen LogP contribution in [0.15, 0.2) is 24.3 Å². The van der Waals surface area contributed by atoms with Gasteiger partial charge in [-0.2, -0.15) is 0 Å². The number of rotatable bonds is 3. The van der Waals surface area contributed by atoms with Crippen molar-refractivity contribution in [2.24, 2.45) is 5.92 Å². The van der Waals surface area contributed by atoms with Gasteiger partial charge in [0.1, 0.15) is 6.04 Å². The normalized spacial score (nSPS) is 28.8. The third-order valence-corrected chi connectivity index (χ3v) is 4.52. The lowest BCUT2D eigenvalue weighted by atomic mass is 9.95. The third kappa shape index (κ3) is 1.82. The number of carboxylic acids is 1. The summed E-state index contributed by atoms with van der Waals surface area (Å²) in [5.41, 5.74) is 2.61. The molecule has 0 heterocycles. The molecule has 0 radical (unpaired) electrons. The lowest BCUT2D eigenvalue weighted by Crippen LogP contribution is -2.40. The third-order valence-electron chi connectivity index (χ3n) is 4.52. The topological polar surface area (TPSA) is 66.4 Å². The number of amides is 1. The molecule has 2 aliphatic rings. The van der Waals surface area contributed by atoms with E-state index in [2.05, 4.69) is 17.4 Å². The summed E-state index contributed by atoms with van der Waals surface area (Å²) in [7, 11) is 0. The summed E-state index contributed by atoms with van der Waals surface area (Å²) in [4.78, 5) is 22.9. The van der Waals surface area contributed by atoms with E-state index in [1.54, 1.807) is 0 Å². The van der Waals surface area contributed by atoms with Crippen molar-refractivity contribution in [3.05, 3.63) is 35.4 Å². The van der Waals surface area contributed by atoms with Gasteiger partial charge >= 0.3 is 5.97 Å². The van der Waals surface area contributed by atoms with Crippen molar-refractivity contribution in [2.45, 2.75) is 37.6 Å². The Kier molecular flexibility index (Phi) is 2.62. The first-order chi connectivity index (χ1) is 9.04. The molecule has 0 aromatic heterocycles. The average Bonchev–Trinajstić information content (AvgIpc) is 3.00. The zero-order valence-electron chi connectivity index (χ0n) is 10.8. The molecule has 1 aromatic carbocycles. The maximum atomic E-state index is 12.1. The van der Waals surface area contributed by atoms with Gasteiger partial charge in [-0.05, 0) is 37.3 Å². The largest absolute Gasteiger partial charge is 0.480 e. The minimum absolute atomic E-state index is 0.0150. The van der Waals surface area contributed by atoms with Crippen molar-refractivity contribution < 1.29 is 14.7 Å². The molecule has 1 spiro atoms. The molecule has 2 N–H and O–H groups in total. The van der Waals surface area contributed by atoms with Crippen LogP contribution in [0.2, 0.25) is 0 Å². The van der Waals surface area contributed by atoms with Gasteiger partial charge < -0.3 is 10.4 Å². The van der Waals surface area contributed by atoms with Gasteiger partial charge in [0, 0.05) is 11.3 Å². The second kappa shape index (κ2) is 4.08. The van der Waals surface area contributed by atoms with Crippen LogP contribution in [-0.2, 0) is 21.4 Å². The number of fused-ring (bicyclic) bond motifs is 2. The van der Waals surface area contributed by atoms with Gasteiger partial charge in [-0.25, -0.2) is 0 Å². The van der Waals surface area contributed by atoms with Crippen LogP contribution in [0, 0.1) is 5.92 Å². The quantitative estimate of drug-likeness (QED) is 0.864. The zero-order chi connectivity index (χ0) is 13.6. The number of carbonyl (C=O) groups is 2. The standard InChI is InChI=1S/C15H17NO3/c1-9(14(18)19)16-13(17)12-8-15(12)7-6-10-4-2-3-5-11(10)15/h2-5,9,12H,6-8H2,1H3,(H,16,17)(H,18,19). The Balaban J connectivity index is 1.75. The Bertz CT molecular complexity index is 554. The van der Waals surface area contributed by atoms with Crippen LogP contribution in [0.1, 0.15) is 30.9 Å². The van der Waals surface area contributed by atoms with Gasteiger partial charge in [-0.15, -0.1) is 0 Å². The molecule has 2 aliphatic carbocycles. The summed E-state index contributed by atoms with van der Waals surface area (Å²) in [6.45, 7) is 1.50. The van der Waals surface area contributed by atoms with Crippen LogP contribution in [0.4, 0.5) is 0 Å². The van der Waals surface area contributed by atoms with E-state index in [4.69, 9.17) is 5.11 Å². The molecule has 1 amide bonds. The molecule has 3 rings (SSSR count). The van der Waals surface area contributed by atoms with Crippen LogP contribution >= 0.6 is 0 Å². The van der Waals surface area contributed by atoms with Crippen molar-refractivity contribution in [1.29, 1.82) is 0 Å². The molecular formula is C15H17NO3. The zero-order valence-corrected chi connectivity index (χ0v) is 10.8. The summed E-state index contributed by atoms with van der Waals surface area (Å²) in [5.74, 6) is -1.17. The van der Waals surface area contributed by atoms with Crippen molar-refractivity contribution in [3.63, 3.8) is 0 Å². The smallest absolute Gasteiger partial charge is 0.325 e. The molecule has 1 fully saturated rings. The van der Waals surface area contributed by atoms with Gasteiger partial charge in [0.2, 0.25) is 5.91 Å². The van der Waals surface area contributed by atoms with Gasteiger partial charge in [-0.1, -0.05) is 24.3 Å². The van der Waals surface area contributed by atoms with Crippen LogP contribution in [0.25, 0.3) is 0 Å². The lowest BCUT2D eigenvalue weighted by molar-refractivity contribution is -0.141. The maximum absolute atomic E-state index is 12.1. The minimum atomic E-state index is -0.991. The van der Waals surface area contributed by atoms with E-state index in [0.717, 1.165) is 19.3 Å². The van der Waals surface area contributed by atoms with E-state index in [0.29, 0.717) is 0 Å². The number of benzene rings is 1.